The van der Waals surface area contributed by atoms with Crippen molar-refractivity contribution in [2.24, 2.45) is 0 Å². The maximum Gasteiger partial charge on any atom is 0.262 e. The number of rotatable bonds is 7. The molecule has 0 aliphatic carbocycles. The van der Waals surface area contributed by atoms with E-state index in [1.54, 1.807) is 24.3 Å². The first-order valence-corrected chi connectivity index (χ1v) is 10.4. The van der Waals surface area contributed by atoms with Crippen LogP contribution in [0.5, 0.6) is 5.75 Å². The Morgan fingerprint density at radius 3 is 2.29 bits per heavy atom. The molecule has 0 spiro atoms. The van der Waals surface area contributed by atoms with E-state index in [0.29, 0.717) is 23.0 Å². The molecule has 0 fully saturated rings. The Hall–Kier alpha value is -2.02. The standard InChI is InChI=1S/C21H17Br2ClN2O2/c22-15-2-6-17(7-3-15)25-12-14-1-10-20(19(23)11-14)28-13-21(27)26-18-8-4-16(24)5-9-18/h1-11,25H,12-13H2,(H,26,27). The maximum atomic E-state index is 12.0. The summed E-state index contributed by atoms with van der Waals surface area (Å²) in [4.78, 5) is 12.0. The molecule has 0 saturated heterocycles. The lowest BCUT2D eigenvalue weighted by Gasteiger charge is -2.11. The first-order chi connectivity index (χ1) is 13.5. The van der Waals surface area contributed by atoms with E-state index >= 15 is 0 Å². The van der Waals surface area contributed by atoms with Crippen molar-refractivity contribution in [1.29, 1.82) is 0 Å². The maximum absolute atomic E-state index is 12.0. The fraction of sp³-hybridized carbons (Fsp3) is 0.0952. The van der Waals surface area contributed by atoms with Gasteiger partial charge in [0.25, 0.3) is 5.91 Å². The quantitative estimate of drug-likeness (QED) is 0.371. The first kappa shape index (κ1) is 20.7. The smallest absolute Gasteiger partial charge is 0.262 e. The van der Waals surface area contributed by atoms with E-state index < -0.39 is 0 Å². The highest BCUT2D eigenvalue weighted by molar-refractivity contribution is 9.10. The van der Waals surface area contributed by atoms with Crippen LogP contribution in [0.15, 0.2) is 75.7 Å². The molecule has 3 rings (SSSR count). The van der Waals surface area contributed by atoms with Gasteiger partial charge in [-0.25, -0.2) is 0 Å². The third kappa shape index (κ3) is 6.26. The minimum absolute atomic E-state index is 0.0856. The Labute approximate surface area is 185 Å². The topological polar surface area (TPSA) is 50.4 Å². The van der Waals surface area contributed by atoms with Crippen LogP contribution in [0, 0.1) is 0 Å². The molecule has 3 aromatic carbocycles. The minimum atomic E-state index is -0.241. The van der Waals surface area contributed by atoms with Crippen molar-refractivity contribution in [1.82, 2.24) is 0 Å². The van der Waals surface area contributed by atoms with Crippen LogP contribution in [0.1, 0.15) is 5.56 Å². The molecule has 0 unspecified atom stereocenters. The minimum Gasteiger partial charge on any atom is -0.483 e. The van der Waals surface area contributed by atoms with Gasteiger partial charge in [0.2, 0.25) is 0 Å². The Kier molecular flexibility index (Phi) is 7.36. The largest absolute Gasteiger partial charge is 0.483 e. The van der Waals surface area contributed by atoms with Crippen molar-refractivity contribution < 1.29 is 9.53 Å². The van der Waals surface area contributed by atoms with Gasteiger partial charge in [-0.15, -0.1) is 0 Å². The normalized spacial score (nSPS) is 10.4. The average Bonchev–Trinajstić information content (AvgIpc) is 2.68. The Morgan fingerprint density at radius 1 is 0.929 bits per heavy atom. The highest BCUT2D eigenvalue weighted by Gasteiger charge is 2.07. The molecule has 2 N–H and O–H groups in total. The zero-order chi connectivity index (χ0) is 19.9. The van der Waals surface area contributed by atoms with E-state index in [9.17, 15) is 4.79 Å². The van der Waals surface area contributed by atoms with E-state index in [0.717, 1.165) is 20.2 Å². The molecule has 0 heterocycles. The lowest BCUT2D eigenvalue weighted by molar-refractivity contribution is -0.118. The molecular weight excluding hydrogens is 508 g/mol. The Bertz CT molecular complexity index is 948. The number of hydrogen-bond donors (Lipinski definition) is 2. The second kappa shape index (κ2) is 9.96. The number of halogens is 3. The molecule has 7 heteroatoms. The zero-order valence-corrected chi connectivity index (χ0v) is 18.6. The number of anilines is 2. The summed E-state index contributed by atoms with van der Waals surface area (Å²) in [5.41, 5.74) is 2.80. The van der Waals surface area contributed by atoms with Crippen molar-refractivity contribution in [3.63, 3.8) is 0 Å². The van der Waals surface area contributed by atoms with Gasteiger partial charge < -0.3 is 15.4 Å². The van der Waals surface area contributed by atoms with Crippen LogP contribution in [0.25, 0.3) is 0 Å². The lowest BCUT2D eigenvalue weighted by Crippen LogP contribution is -2.20. The van der Waals surface area contributed by atoms with E-state index in [-0.39, 0.29) is 12.5 Å². The van der Waals surface area contributed by atoms with Crippen molar-refractivity contribution in [2.45, 2.75) is 6.54 Å². The second-order valence-electron chi connectivity index (χ2n) is 5.97. The summed E-state index contributed by atoms with van der Waals surface area (Å²) in [6, 6.07) is 20.7. The molecule has 0 atom stereocenters. The van der Waals surface area contributed by atoms with E-state index in [1.165, 1.54) is 0 Å². The van der Waals surface area contributed by atoms with Gasteiger partial charge in [0, 0.05) is 27.4 Å². The molecule has 0 bridgehead atoms. The fourth-order valence-electron chi connectivity index (χ4n) is 2.42. The molecule has 4 nitrogen and oxygen atoms in total. The molecule has 0 radical (unpaired) electrons. The van der Waals surface area contributed by atoms with Gasteiger partial charge in [-0.2, -0.15) is 0 Å². The number of amides is 1. The highest BCUT2D eigenvalue weighted by Crippen LogP contribution is 2.26. The number of hydrogen-bond acceptors (Lipinski definition) is 3. The molecule has 0 aliphatic rings. The van der Waals surface area contributed by atoms with Gasteiger partial charge in [-0.1, -0.05) is 33.6 Å². The van der Waals surface area contributed by atoms with Gasteiger partial charge in [0.1, 0.15) is 5.75 Å². The molecule has 0 aromatic heterocycles. The van der Waals surface area contributed by atoms with Crippen LogP contribution in [0.4, 0.5) is 11.4 Å². The van der Waals surface area contributed by atoms with Crippen LogP contribution < -0.4 is 15.4 Å². The molecular formula is C21H17Br2ClN2O2. The number of carbonyl (C=O) groups excluding carboxylic acids is 1. The van der Waals surface area contributed by atoms with Gasteiger partial charge >= 0.3 is 0 Å². The average molecular weight is 525 g/mol. The predicted octanol–water partition coefficient (Wildman–Crippen LogP) is 6.49. The molecule has 3 aromatic rings. The molecule has 1 amide bonds. The van der Waals surface area contributed by atoms with Crippen molar-refractivity contribution in [3.8, 4) is 5.75 Å². The van der Waals surface area contributed by atoms with Crippen LogP contribution in [0.3, 0.4) is 0 Å². The number of benzene rings is 3. The highest BCUT2D eigenvalue weighted by atomic mass is 79.9. The fourth-order valence-corrected chi connectivity index (χ4v) is 3.35. The van der Waals surface area contributed by atoms with Crippen molar-refractivity contribution in [2.75, 3.05) is 17.2 Å². The summed E-state index contributed by atoms with van der Waals surface area (Å²) < 4.78 is 7.45. The zero-order valence-electron chi connectivity index (χ0n) is 14.7. The van der Waals surface area contributed by atoms with Crippen molar-refractivity contribution >= 4 is 60.7 Å². The summed E-state index contributed by atoms with van der Waals surface area (Å²) >= 11 is 12.8. The Balaban J connectivity index is 1.51. The lowest BCUT2D eigenvalue weighted by atomic mass is 10.2. The third-order valence-electron chi connectivity index (χ3n) is 3.82. The van der Waals surface area contributed by atoms with Crippen LogP contribution >= 0.6 is 43.5 Å². The van der Waals surface area contributed by atoms with Gasteiger partial charge in [0.05, 0.1) is 4.47 Å². The number of carbonyl (C=O) groups is 1. The summed E-state index contributed by atoms with van der Waals surface area (Å²) in [6.45, 7) is 0.593. The summed E-state index contributed by atoms with van der Waals surface area (Å²) in [7, 11) is 0. The van der Waals surface area contributed by atoms with Gasteiger partial charge in [0.15, 0.2) is 6.61 Å². The van der Waals surface area contributed by atoms with Crippen molar-refractivity contribution in [3.05, 3.63) is 86.3 Å². The van der Waals surface area contributed by atoms with Gasteiger partial charge in [-0.05, 0) is 82.2 Å². The Morgan fingerprint density at radius 2 is 1.61 bits per heavy atom. The first-order valence-electron chi connectivity index (χ1n) is 8.46. The third-order valence-corrected chi connectivity index (χ3v) is 5.22. The number of nitrogens with one attached hydrogen (secondary N) is 2. The summed E-state index contributed by atoms with van der Waals surface area (Å²) in [5.74, 6) is 0.369. The van der Waals surface area contributed by atoms with E-state index in [2.05, 4.69) is 42.5 Å². The van der Waals surface area contributed by atoms with Crippen LogP contribution in [-0.2, 0) is 11.3 Å². The monoisotopic (exact) mass is 522 g/mol. The van der Waals surface area contributed by atoms with Crippen LogP contribution in [-0.4, -0.2) is 12.5 Å². The molecule has 28 heavy (non-hydrogen) atoms. The van der Waals surface area contributed by atoms with E-state index in [4.69, 9.17) is 16.3 Å². The summed E-state index contributed by atoms with van der Waals surface area (Å²) in [5, 5.41) is 6.74. The predicted molar refractivity (Wildman–Crippen MR) is 121 cm³/mol. The molecule has 0 saturated carbocycles. The SMILES string of the molecule is O=C(COc1ccc(CNc2ccc(Br)cc2)cc1Br)Nc1ccc(Cl)cc1. The van der Waals surface area contributed by atoms with E-state index in [1.807, 2.05) is 42.5 Å². The van der Waals surface area contributed by atoms with Crippen LogP contribution in [0.2, 0.25) is 5.02 Å². The molecule has 0 aliphatic heterocycles. The van der Waals surface area contributed by atoms with Gasteiger partial charge in [-0.3, -0.25) is 4.79 Å². The number of ether oxygens (including phenoxy) is 1. The second-order valence-corrected chi connectivity index (χ2v) is 8.18. The molecule has 144 valence electrons. The summed E-state index contributed by atoms with van der Waals surface area (Å²) in [6.07, 6.45) is 0.